The quantitative estimate of drug-likeness (QED) is 0.817. The fourth-order valence-electron chi connectivity index (χ4n) is 1.82. The fourth-order valence-corrected chi connectivity index (χ4v) is 1.82. The molecule has 4 heteroatoms. The van der Waals surface area contributed by atoms with Gasteiger partial charge in [0, 0.05) is 23.5 Å². The number of rotatable bonds is 2. The van der Waals surface area contributed by atoms with Crippen LogP contribution in [0.15, 0.2) is 35.0 Å². The Balaban J connectivity index is 2.58. The minimum atomic E-state index is 0.409. The van der Waals surface area contributed by atoms with E-state index in [9.17, 15) is 5.26 Å². The summed E-state index contributed by atoms with van der Waals surface area (Å²) in [7, 11) is 0. The summed E-state index contributed by atoms with van der Waals surface area (Å²) >= 11 is 0. The van der Waals surface area contributed by atoms with Gasteiger partial charge in [-0.2, -0.15) is 5.26 Å². The van der Waals surface area contributed by atoms with Crippen LogP contribution in [0.25, 0.3) is 11.3 Å². The molecule has 0 saturated heterocycles. The molecule has 0 aliphatic carbocycles. The summed E-state index contributed by atoms with van der Waals surface area (Å²) < 4.78 is 5.43. The van der Waals surface area contributed by atoms with Crippen molar-refractivity contribution in [3.63, 3.8) is 0 Å². The molecule has 18 heavy (non-hydrogen) atoms. The van der Waals surface area contributed by atoms with Gasteiger partial charge >= 0.3 is 0 Å². The first-order chi connectivity index (χ1) is 8.63. The standard InChI is InChI=1S/C14H13N3O/c1-9-6-12(10(2)18-9)14(16)13(7-15)11-4-3-5-17-8-11/h3-6,8H,16H2,1-2H3/b14-13+. The lowest BCUT2D eigenvalue weighted by molar-refractivity contribution is 0.504. The number of pyridine rings is 1. The average Bonchev–Trinajstić information content (AvgIpc) is 2.70. The van der Waals surface area contributed by atoms with E-state index < -0.39 is 0 Å². The molecule has 0 unspecified atom stereocenters. The summed E-state index contributed by atoms with van der Waals surface area (Å²) in [5.41, 5.74) is 8.35. The Labute approximate surface area is 105 Å². The topological polar surface area (TPSA) is 75.8 Å². The number of allylic oxidation sites excluding steroid dienone is 1. The SMILES string of the molecule is Cc1cc(/C(N)=C(/C#N)c2cccnc2)c(C)o1. The molecule has 0 bridgehead atoms. The van der Waals surface area contributed by atoms with Gasteiger partial charge in [0.15, 0.2) is 0 Å². The number of aryl methyl sites for hydroxylation is 2. The summed E-state index contributed by atoms with van der Waals surface area (Å²) in [6.07, 6.45) is 3.27. The molecule has 2 N–H and O–H groups in total. The van der Waals surface area contributed by atoms with E-state index in [1.165, 1.54) is 0 Å². The lowest BCUT2D eigenvalue weighted by Crippen LogP contribution is -2.01. The van der Waals surface area contributed by atoms with Crippen molar-refractivity contribution in [1.29, 1.82) is 5.26 Å². The second kappa shape index (κ2) is 4.76. The van der Waals surface area contributed by atoms with Crippen LogP contribution in [0, 0.1) is 25.2 Å². The molecular formula is C14H13N3O. The smallest absolute Gasteiger partial charge is 0.110 e. The summed E-state index contributed by atoms with van der Waals surface area (Å²) in [5, 5.41) is 9.26. The van der Waals surface area contributed by atoms with Crippen molar-refractivity contribution in [1.82, 2.24) is 4.98 Å². The predicted octanol–water partition coefficient (Wildman–Crippen LogP) is 2.64. The highest BCUT2D eigenvalue weighted by Crippen LogP contribution is 2.25. The maximum absolute atomic E-state index is 9.26. The number of furan rings is 1. The molecule has 0 atom stereocenters. The van der Waals surface area contributed by atoms with Crippen LogP contribution in [-0.2, 0) is 0 Å². The first-order valence-electron chi connectivity index (χ1n) is 5.51. The molecule has 0 saturated carbocycles. The zero-order chi connectivity index (χ0) is 13.1. The van der Waals surface area contributed by atoms with Crippen molar-refractivity contribution in [2.24, 2.45) is 5.73 Å². The van der Waals surface area contributed by atoms with Gasteiger partial charge in [-0.3, -0.25) is 4.98 Å². The highest BCUT2D eigenvalue weighted by atomic mass is 16.3. The van der Waals surface area contributed by atoms with E-state index >= 15 is 0 Å². The summed E-state index contributed by atoms with van der Waals surface area (Å²) in [4.78, 5) is 3.99. The maximum Gasteiger partial charge on any atom is 0.110 e. The van der Waals surface area contributed by atoms with E-state index in [-0.39, 0.29) is 0 Å². The number of aromatic nitrogens is 1. The van der Waals surface area contributed by atoms with Gasteiger partial charge in [0.05, 0.1) is 11.3 Å². The highest BCUT2D eigenvalue weighted by Gasteiger charge is 2.13. The number of nitriles is 1. The molecule has 90 valence electrons. The van der Waals surface area contributed by atoms with Gasteiger partial charge in [-0.1, -0.05) is 6.07 Å². The Bertz CT molecular complexity index is 633. The van der Waals surface area contributed by atoms with E-state index in [0.717, 1.165) is 11.3 Å². The summed E-state index contributed by atoms with van der Waals surface area (Å²) in [6, 6.07) is 7.54. The van der Waals surface area contributed by atoms with E-state index in [1.54, 1.807) is 24.5 Å². The largest absolute Gasteiger partial charge is 0.466 e. The summed E-state index contributed by atoms with van der Waals surface area (Å²) in [6.45, 7) is 3.67. The molecule has 4 nitrogen and oxygen atoms in total. The normalized spacial score (nSPS) is 11.8. The van der Waals surface area contributed by atoms with Crippen molar-refractivity contribution in [2.45, 2.75) is 13.8 Å². The molecule has 2 rings (SSSR count). The van der Waals surface area contributed by atoms with Crippen LogP contribution in [0.3, 0.4) is 0 Å². The minimum Gasteiger partial charge on any atom is -0.466 e. The fraction of sp³-hybridized carbons (Fsp3) is 0.143. The van der Waals surface area contributed by atoms with Crippen LogP contribution in [0.2, 0.25) is 0 Å². The number of hydrogen-bond donors (Lipinski definition) is 1. The van der Waals surface area contributed by atoms with Gasteiger partial charge in [0.1, 0.15) is 17.6 Å². The van der Waals surface area contributed by atoms with Crippen molar-refractivity contribution in [2.75, 3.05) is 0 Å². The second-order valence-corrected chi connectivity index (χ2v) is 3.97. The molecular weight excluding hydrogens is 226 g/mol. The molecule has 2 aromatic rings. The van der Waals surface area contributed by atoms with Crippen molar-refractivity contribution in [3.05, 3.63) is 53.2 Å². The molecule has 0 fully saturated rings. The molecule has 2 aromatic heterocycles. The van der Waals surface area contributed by atoms with E-state index in [2.05, 4.69) is 11.1 Å². The van der Waals surface area contributed by atoms with E-state index in [4.69, 9.17) is 10.2 Å². The third-order valence-electron chi connectivity index (χ3n) is 2.66. The third kappa shape index (κ3) is 2.11. The summed E-state index contributed by atoms with van der Waals surface area (Å²) in [5.74, 6) is 1.48. The van der Waals surface area contributed by atoms with Crippen LogP contribution >= 0.6 is 0 Å². The van der Waals surface area contributed by atoms with Crippen LogP contribution in [0.1, 0.15) is 22.6 Å². The number of nitrogens with zero attached hydrogens (tertiary/aromatic N) is 2. The predicted molar refractivity (Wildman–Crippen MR) is 69.0 cm³/mol. The van der Waals surface area contributed by atoms with Gasteiger partial charge in [0.2, 0.25) is 0 Å². The molecule has 0 amide bonds. The van der Waals surface area contributed by atoms with Crippen molar-refractivity contribution in [3.8, 4) is 6.07 Å². The Hall–Kier alpha value is -2.54. The van der Waals surface area contributed by atoms with Gasteiger partial charge in [0.25, 0.3) is 0 Å². The monoisotopic (exact) mass is 239 g/mol. The van der Waals surface area contributed by atoms with Crippen LogP contribution in [0.4, 0.5) is 0 Å². The zero-order valence-electron chi connectivity index (χ0n) is 10.3. The average molecular weight is 239 g/mol. The van der Waals surface area contributed by atoms with Crippen LogP contribution in [-0.4, -0.2) is 4.98 Å². The van der Waals surface area contributed by atoms with Crippen molar-refractivity contribution >= 4 is 11.3 Å². The van der Waals surface area contributed by atoms with Crippen LogP contribution in [0.5, 0.6) is 0 Å². The van der Waals surface area contributed by atoms with Gasteiger partial charge < -0.3 is 10.2 Å². The third-order valence-corrected chi connectivity index (χ3v) is 2.66. The Morgan fingerprint density at radius 1 is 1.44 bits per heavy atom. The molecule has 0 aliphatic heterocycles. The molecule has 2 heterocycles. The molecule has 0 aliphatic rings. The lowest BCUT2D eigenvalue weighted by atomic mass is 10.0. The Morgan fingerprint density at radius 2 is 2.22 bits per heavy atom. The maximum atomic E-state index is 9.26. The Morgan fingerprint density at radius 3 is 2.72 bits per heavy atom. The number of hydrogen-bond acceptors (Lipinski definition) is 4. The van der Waals surface area contributed by atoms with E-state index in [0.29, 0.717) is 22.6 Å². The first-order valence-corrected chi connectivity index (χ1v) is 5.51. The number of nitrogens with two attached hydrogens (primary N) is 1. The minimum absolute atomic E-state index is 0.409. The van der Waals surface area contributed by atoms with Gasteiger partial charge in [-0.15, -0.1) is 0 Å². The van der Waals surface area contributed by atoms with Crippen molar-refractivity contribution < 1.29 is 4.42 Å². The first kappa shape index (κ1) is 11.9. The molecule has 0 spiro atoms. The van der Waals surface area contributed by atoms with Gasteiger partial charge in [-0.25, -0.2) is 0 Å². The molecule has 0 radical (unpaired) electrons. The zero-order valence-corrected chi connectivity index (χ0v) is 10.3. The lowest BCUT2D eigenvalue weighted by Gasteiger charge is -2.04. The van der Waals surface area contributed by atoms with Gasteiger partial charge in [-0.05, 0) is 26.0 Å². The van der Waals surface area contributed by atoms with Crippen LogP contribution < -0.4 is 5.73 Å². The van der Waals surface area contributed by atoms with E-state index in [1.807, 2.05) is 19.9 Å². The second-order valence-electron chi connectivity index (χ2n) is 3.97. The Kier molecular flexibility index (Phi) is 3.16. The highest BCUT2D eigenvalue weighted by molar-refractivity contribution is 5.96. The molecule has 0 aromatic carbocycles.